The number of aromatic amines is 1. The molecule has 4 aromatic rings. The minimum Gasteiger partial charge on any atom is -0.507 e. The van der Waals surface area contributed by atoms with E-state index >= 15 is 0 Å². The number of aromatic nitrogens is 1. The highest BCUT2D eigenvalue weighted by Gasteiger charge is 2.45. The highest BCUT2D eigenvalue weighted by molar-refractivity contribution is 9.10. The van der Waals surface area contributed by atoms with Gasteiger partial charge in [0, 0.05) is 33.7 Å². The Bertz CT molecular complexity index is 1500. The molecule has 5 rings (SSSR count). The van der Waals surface area contributed by atoms with E-state index in [1.54, 1.807) is 24.1 Å². The topological polar surface area (TPSA) is 82.6 Å². The van der Waals surface area contributed by atoms with Gasteiger partial charge in [-0.15, -0.1) is 0 Å². The van der Waals surface area contributed by atoms with Crippen molar-refractivity contribution < 1.29 is 19.4 Å². The number of H-pyrrole nitrogens is 1. The van der Waals surface area contributed by atoms with E-state index in [-0.39, 0.29) is 11.3 Å². The number of hydrogen-bond acceptors (Lipinski definition) is 4. The summed E-state index contributed by atoms with van der Waals surface area (Å²) < 4.78 is 6.19. The summed E-state index contributed by atoms with van der Waals surface area (Å²) in [4.78, 5) is 31.4. The molecule has 1 atom stereocenters. The number of hydrogen-bond donors (Lipinski definition) is 2. The van der Waals surface area contributed by atoms with Crippen molar-refractivity contribution in [1.82, 2.24) is 9.88 Å². The average molecular weight is 545 g/mol. The molecule has 182 valence electrons. The van der Waals surface area contributed by atoms with Crippen molar-refractivity contribution in [2.45, 2.75) is 19.4 Å². The molecule has 2 N–H and O–H groups in total. The third-order valence-electron chi connectivity index (χ3n) is 6.63. The van der Waals surface area contributed by atoms with Gasteiger partial charge < -0.3 is 19.7 Å². The van der Waals surface area contributed by atoms with Crippen molar-refractivity contribution in [3.63, 3.8) is 0 Å². The molecular formula is C29H25BrN2O4. The second-order valence-electron chi connectivity index (χ2n) is 8.89. The van der Waals surface area contributed by atoms with Gasteiger partial charge in [0.1, 0.15) is 11.5 Å². The van der Waals surface area contributed by atoms with Crippen LogP contribution >= 0.6 is 15.9 Å². The molecule has 0 bridgehead atoms. The monoisotopic (exact) mass is 544 g/mol. The van der Waals surface area contributed by atoms with Gasteiger partial charge in [0.05, 0.1) is 18.7 Å². The molecule has 0 spiro atoms. The molecule has 7 heteroatoms. The zero-order chi connectivity index (χ0) is 25.4. The molecule has 1 fully saturated rings. The molecule has 0 aliphatic carbocycles. The number of aryl methyl sites for hydroxylation is 1. The first-order valence-electron chi connectivity index (χ1n) is 11.6. The molecule has 1 saturated heterocycles. The normalized spacial score (nSPS) is 17.2. The molecule has 1 aliphatic rings. The number of aliphatic hydroxyl groups excluding tert-OH is 1. The maximum absolute atomic E-state index is 13.3. The van der Waals surface area contributed by atoms with Crippen LogP contribution in [0.15, 0.2) is 83.0 Å². The molecule has 0 unspecified atom stereocenters. The van der Waals surface area contributed by atoms with E-state index in [9.17, 15) is 14.7 Å². The predicted octanol–water partition coefficient (Wildman–Crippen LogP) is 5.91. The molecule has 6 nitrogen and oxygen atoms in total. The van der Waals surface area contributed by atoms with Gasteiger partial charge in [0.15, 0.2) is 0 Å². The largest absolute Gasteiger partial charge is 0.507 e. The second kappa shape index (κ2) is 9.66. The first-order chi connectivity index (χ1) is 17.4. The summed E-state index contributed by atoms with van der Waals surface area (Å²) in [6, 6.07) is 19.8. The van der Waals surface area contributed by atoms with Crippen LogP contribution < -0.4 is 4.74 Å². The Labute approximate surface area is 217 Å². The SMILES string of the molecule is COc1ccc2[nH]cc(CCN3C(=O)C(=O)C(=C(O)c4ccc(C)cc4)[C@H]3c3cccc(Br)c3)c2c1. The van der Waals surface area contributed by atoms with Crippen LogP contribution in [-0.2, 0) is 16.0 Å². The summed E-state index contributed by atoms with van der Waals surface area (Å²) in [5.41, 5.74) is 4.36. The van der Waals surface area contributed by atoms with Crippen LogP contribution in [0.5, 0.6) is 5.75 Å². The lowest BCUT2D eigenvalue weighted by molar-refractivity contribution is -0.139. The lowest BCUT2D eigenvalue weighted by atomic mass is 9.95. The van der Waals surface area contributed by atoms with E-state index in [4.69, 9.17) is 4.74 Å². The van der Waals surface area contributed by atoms with E-state index in [0.29, 0.717) is 18.5 Å². The minimum atomic E-state index is -0.705. The third-order valence-corrected chi connectivity index (χ3v) is 7.12. The highest BCUT2D eigenvalue weighted by atomic mass is 79.9. The smallest absolute Gasteiger partial charge is 0.295 e. The van der Waals surface area contributed by atoms with Gasteiger partial charge >= 0.3 is 0 Å². The minimum absolute atomic E-state index is 0.0996. The summed E-state index contributed by atoms with van der Waals surface area (Å²) in [5, 5.41) is 12.2. The standard InChI is InChI=1S/C29H25BrN2O4/c1-17-6-8-18(9-7-17)27(33)25-26(19-4-3-5-21(30)14-19)32(29(35)28(25)34)13-12-20-16-31-24-11-10-22(36-2)15-23(20)24/h3-11,14-16,26,31,33H,12-13H2,1-2H3/t26-/m1/s1. The van der Waals surface area contributed by atoms with E-state index < -0.39 is 17.7 Å². The Morgan fingerprint density at radius 1 is 1.08 bits per heavy atom. The van der Waals surface area contributed by atoms with Crippen LogP contribution in [0.1, 0.15) is 28.3 Å². The van der Waals surface area contributed by atoms with Crippen LogP contribution in [0.3, 0.4) is 0 Å². The summed E-state index contributed by atoms with van der Waals surface area (Å²) in [7, 11) is 1.62. The maximum Gasteiger partial charge on any atom is 0.295 e. The van der Waals surface area contributed by atoms with Crippen molar-refractivity contribution in [2.24, 2.45) is 0 Å². The van der Waals surface area contributed by atoms with Gasteiger partial charge in [-0.2, -0.15) is 0 Å². The fourth-order valence-corrected chi connectivity index (χ4v) is 5.15. The van der Waals surface area contributed by atoms with Crippen molar-refractivity contribution >= 4 is 44.3 Å². The number of likely N-dealkylation sites (tertiary alicyclic amines) is 1. The van der Waals surface area contributed by atoms with Crippen molar-refractivity contribution in [3.8, 4) is 5.75 Å². The number of amides is 1. The summed E-state index contributed by atoms with van der Waals surface area (Å²) >= 11 is 3.50. The Hall–Kier alpha value is -3.84. The lowest BCUT2D eigenvalue weighted by Gasteiger charge is -2.25. The number of nitrogens with zero attached hydrogens (tertiary/aromatic N) is 1. The molecule has 1 aromatic heterocycles. The number of halogens is 1. The predicted molar refractivity (Wildman–Crippen MR) is 143 cm³/mol. The quantitative estimate of drug-likeness (QED) is 0.179. The summed E-state index contributed by atoms with van der Waals surface area (Å²) in [6.07, 6.45) is 2.44. The Morgan fingerprint density at radius 3 is 2.58 bits per heavy atom. The van der Waals surface area contributed by atoms with Gasteiger partial charge in [-0.1, -0.05) is 57.9 Å². The number of ether oxygens (including phenoxy) is 1. The molecule has 0 radical (unpaired) electrons. The summed E-state index contributed by atoms with van der Waals surface area (Å²) in [5.74, 6) is -0.724. The Kier molecular flexibility index (Phi) is 6.41. The maximum atomic E-state index is 13.3. The van der Waals surface area contributed by atoms with Crippen LogP contribution in [0, 0.1) is 6.92 Å². The number of nitrogens with one attached hydrogen (secondary N) is 1. The number of carbonyl (C=O) groups is 2. The number of benzene rings is 3. The van der Waals surface area contributed by atoms with Gasteiger partial charge in [-0.25, -0.2) is 0 Å². The van der Waals surface area contributed by atoms with E-state index in [1.165, 1.54) is 0 Å². The van der Waals surface area contributed by atoms with Crippen LogP contribution in [0.4, 0.5) is 0 Å². The number of methoxy groups -OCH3 is 1. The molecular weight excluding hydrogens is 520 g/mol. The fraction of sp³-hybridized carbons (Fsp3) is 0.172. The molecule has 1 aliphatic heterocycles. The molecule has 0 saturated carbocycles. The van der Waals surface area contributed by atoms with Crippen molar-refractivity contribution in [3.05, 3.63) is 105 Å². The van der Waals surface area contributed by atoms with Crippen molar-refractivity contribution in [2.75, 3.05) is 13.7 Å². The Morgan fingerprint density at radius 2 is 1.86 bits per heavy atom. The third kappa shape index (κ3) is 4.31. The first-order valence-corrected chi connectivity index (χ1v) is 12.4. The molecule has 36 heavy (non-hydrogen) atoms. The highest BCUT2D eigenvalue weighted by Crippen LogP contribution is 2.40. The number of aliphatic hydroxyl groups is 1. The summed E-state index contributed by atoms with van der Waals surface area (Å²) in [6.45, 7) is 2.25. The van der Waals surface area contributed by atoms with Crippen molar-refractivity contribution in [1.29, 1.82) is 0 Å². The van der Waals surface area contributed by atoms with Crippen LogP contribution in [-0.4, -0.2) is 40.3 Å². The van der Waals surface area contributed by atoms with Gasteiger partial charge in [0.25, 0.3) is 11.7 Å². The van der Waals surface area contributed by atoms with Gasteiger partial charge in [0.2, 0.25) is 0 Å². The van der Waals surface area contributed by atoms with E-state index in [1.807, 2.05) is 67.7 Å². The number of fused-ring (bicyclic) bond motifs is 1. The number of Topliss-reactive ketones (excluding diaryl/α,β-unsaturated/α-hetero) is 1. The first kappa shape index (κ1) is 23.9. The Balaban J connectivity index is 1.56. The zero-order valence-electron chi connectivity index (χ0n) is 19.9. The van der Waals surface area contributed by atoms with E-state index in [0.717, 1.165) is 37.8 Å². The number of rotatable bonds is 6. The van der Waals surface area contributed by atoms with E-state index in [2.05, 4.69) is 20.9 Å². The fourth-order valence-electron chi connectivity index (χ4n) is 4.73. The number of carbonyl (C=O) groups excluding carboxylic acids is 2. The molecule has 2 heterocycles. The lowest BCUT2D eigenvalue weighted by Crippen LogP contribution is -2.31. The van der Waals surface area contributed by atoms with Crippen LogP contribution in [0.25, 0.3) is 16.7 Å². The van der Waals surface area contributed by atoms with Gasteiger partial charge in [-0.3, -0.25) is 9.59 Å². The van der Waals surface area contributed by atoms with Gasteiger partial charge in [-0.05, 0) is 54.8 Å². The molecule has 3 aromatic carbocycles. The zero-order valence-corrected chi connectivity index (χ0v) is 21.5. The number of ketones is 1. The van der Waals surface area contributed by atoms with Crippen LogP contribution in [0.2, 0.25) is 0 Å². The second-order valence-corrected chi connectivity index (χ2v) is 9.80. The average Bonchev–Trinajstić information content (AvgIpc) is 3.40. The molecule has 1 amide bonds.